The maximum Gasteiger partial charge on any atom is 0.309 e. The Morgan fingerprint density at radius 3 is 2.73 bits per heavy atom. The van der Waals surface area contributed by atoms with E-state index in [-0.39, 0.29) is 5.56 Å². The molecule has 0 amide bonds. The van der Waals surface area contributed by atoms with Gasteiger partial charge in [-0.2, -0.15) is 5.10 Å². The molecule has 130 valence electrons. The lowest BCUT2D eigenvalue weighted by atomic mass is 10.1. The molecule has 0 atom stereocenters. The van der Waals surface area contributed by atoms with Gasteiger partial charge in [0.15, 0.2) is 0 Å². The minimum atomic E-state index is -0.306. The number of pyridine rings is 1. The third-order valence-corrected chi connectivity index (χ3v) is 5.06. The van der Waals surface area contributed by atoms with Gasteiger partial charge in [0, 0.05) is 11.1 Å². The zero-order valence-electron chi connectivity index (χ0n) is 14.4. The molecule has 0 unspecified atom stereocenters. The summed E-state index contributed by atoms with van der Waals surface area (Å²) in [4.78, 5) is 19.0. The summed E-state index contributed by atoms with van der Waals surface area (Å²) in [6.45, 7) is 3.91. The second-order valence-corrected chi connectivity index (χ2v) is 6.84. The van der Waals surface area contributed by atoms with E-state index >= 15 is 0 Å². The molecule has 0 aliphatic heterocycles. The summed E-state index contributed by atoms with van der Waals surface area (Å²) in [5.74, 6) is 0.754. The number of fused-ring (bicyclic) bond motifs is 3. The molecular weight excluding hydrogens is 350 g/mol. The highest BCUT2D eigenvalue weighted by molar-refractivity contribution is 7.25. The molecule has 0 saturated heterocycles. The fraction of sp³-hybridized carbons (Fsp3) is 0.167. The summed E-state index contributed by atoms with van der Waals surface area (Å²) in [5, 5.41) is 13.2. The summed E-state index contributed by atoms with van der Waals surface area (Å²) in [6, 6.07) is 9.30. The lowest BCUT2D eigenvalue weighted by molar-refractivity contribution is 0.415. The Balaban J connectivity index is 1.80. The van der Waals surface area contributed by atoms with Crippen molar-refractivity contribution < 1.29 is 4.74 Å². The topological polar surface area (TPSA) is 82.3 Å². The van der Waals surface area contributed by atoms with E-state index in [1.807, 2.05) is 44.2 Å². The fourth-order valence-electron chi connectivity index (χ4n) is 2.77. The first kappa shape index (κ1) is 16.3. The van der Waals surface area contributed by atoms with E-state index in [4.69, 9.17) is 4.74 Å². The van der Waals surface area contributed by atoms with Gasteiger partial charge < -0.3 is 4.74 Å². The van der Waals surface area contributed by atoms with Crippen LogP contribution in [0.2, 0.25) is 0 Å². The second-order valence-electron chi connectivity index (χ2n) is 5.84. The molecule has 7 nitrogen and oxygen atoms in total. The normalized spacial score (nSPS) is 11.7. The number of methoxy groups -OCH3 is 1. The number of ether oxygens (including phenoxy) is 1. The molecule has 3 aromatic heterocycles. The van der Waals surface area contributed by atoms with Crippen LogP contribution >= 0.6 is 11.3 Å². The quantitative estimate of drug-likeness (QED) is 0.521. The van der Waals surface area contributed by atoms with E-state index in [1.54, 1.807) is 13.3 Å². The molecule has 0 radical (unpaired) electrons. The van der Waals surface area contributed by atoms with Crippen LogP contribution in [0.3, 0.4) is 0 Å². The van der Waals surface area contributed by atoms with Gasteiger partial charge in [0.2, 0.25) is 0 Å². The van der Waals surface area contributed by atoms with Gasteiger partial charge in [-0.15, -0.1) is 16.4 Å². The molecule has 4 aromatic rings. The molecule has 3 heterocycles. The van der Waals surface area contributed by atoms with Gasteiger partial charge in [0.05, 0.1) is 13.3 Å². The monoisotopic (exact) mass is 365 g/mol. The van der Waals surface area contributed by atoms with Gasteiger partial charge in [0.1, 0.15) is 20.8 Å². The van der Waals surface area contributed by atoms with Gasteiger partial charge in [-0.1, -0.05) is 4.79 Å². The predicted molar refractivity (Wildman–Crippen MR) is 102 cm³/mol. The van der Waals surface area contributed by atoms with E-state index in [2.05, 4.69) is 20.4 Å². The van der Waals surface area contributed by atoms with E-state index in [1.165, 1.54) is 11.3 Å². The van der Waals surface area contributed by atoms with E-state index in [9.17, 15) is 4.79 Å². The Morgan fingerprint density at radius 2 is 2.00 bits per heavy atom. The molecule has 8 heteroatoms. The lowest BCUT2D eigenvalue weighted by Gasteiger charge is -1.99. The van der Waals surface area contributed by atoms with Crippen molar-refractivity contribution in [2.45, 2.75) is 13.8 Å². The molecule has 0 aliphatic rings. The number of aryl methyl sites for hydroxylation is 2. The summed E-state index contributed by atoms with van der Waals surface area (Å²) >= 11 is 1.32. The third-order valence-electron chi connectivity index (χ3n) is 4.00. The Hall–Kier alpha value is -3.13. The molecule has 0 N–H and O–H groups in total. The van der Waals surface area contributed by atoms with Crippen molar-refractivity contribution in [2.75, 3.05) is 7.11 Å². The first-order chi connectivity index (χ1) is 12.6. The smallest absolute Gasteiger partial charge is 0.309 e. The van der Waals surface area contributed by atoms with E-state index in [0.717, 1.165) is 37.6 Å². The molecule has 0 saturated carbocycles. The largest absolute Gasteiger partial charge is 0.497 e. The standard InChI is InChI=1S/C18H15N5O2S/c1-10-8-11(2)20-17-14(10)15-16(26-17)18(24)23(22-21-15)19-9-12-4-6-13(25-3)7-5-12/h4-9H,1-3H3/b19-9-. The summed E-state index contributed by atoms with van der Waals surface area (Å²) in [7, 11) is 1.61. The van der Waals surface area contributed by atoms with Crippen LogP contribution in [0.15, 0.2) is 40.2 Å². The molecule has 0 fully saturated rings. The second kappa shape index (κ2) is 6.30. The summed E-state index contributed by atoms with van der Waals surface area (Å²) in [6.07, 6.45) is 1.56. The minimum absolute atomic E-state index is 0.306. The highest BCUT2D eigenvalue weighted by Crippen LogP contribution is 2.31. The Kier molecular flexibility index (Phi) is 3.96. The van der Waals surface area contributed by atoms with Crippen molar-refractivity contribution in [1.29, 1.82) is 0 Å². The molecular formula is C18H15N5O2S. The van der Waals surface area contributed by atoms with Crippen LogP contribution in [0, 0.1) is 13.8 Å². The maximum atomic E-state index is 12.7. The molecule has 0 bridgehead atoms. The van der Waals surface area contributed by atoms with E-state index < -0.39 is 0 Å². The highest BCUT2D eigenvalue weighted by Gasteiger charge is 2.15. The van der Waals surface area contributed by atoms with Crippen molar-refractivity contribution in [3.8, 4) is 5.75 Å². The first-order valence-corrected chi connectivity index (χ1v) is 8.73. The average Bonchev–Trinajstić information content (AvgIpc) is 3.01. The van der Waals surface area contributed by atoms with Crippen molar-refractivity contribution in [2.24, 2.45) is 5.10 Å². The van der Waals surface area contributed by atoms with Crippen LogP contribution in [-0.4, -0.2) is 33.4 Å². The zero-order chi connectivity index (χ0) is 18.3. The Morgan fingerprint density at radius 1 is 1.23 bits per heavy atom. The van der Waals surface area contributed by atoms with Crippen molar-refractivity contribution in [3.63, 3.8) is 0 Å². The number of thiophene rings is 1. The van der Waals surface area contributed by atoms with E-state index in [0.29, 0.717) is 10.2 Å². The summed E-state index contributed by atoms with van der Waals surface area (Å²) < 4.78 is 5.62. The molecule has 0 aliphatic carbocycles. The van der Waals surface area contributed by atoms with Crippen molar-refractivity contribution >= 4 is 38.0 Å². The predicted octanol–water partition coefficient (Wildman–Crippen LogP) is 2.91. The third kappa shape index (κ3) is 2.74. The maximum absolute atomic E-state index is 12.7. The van der Waals surface area contributed by atoms with Crippen molar-refractivity contribution in [1.82, 2.24) is 20.1 Å². The number of hydrogen-bond acceptors (Lipinski definition) is 7. The fourth-order valence-corrected chi connectivity index (χ4v) is 3.92. The molecule has 4 rings (SSSR count). The molecule has 1 aromatic carbocycles. The summed E-state index contributed by atoms with van der Waals surface area (Å²) in [5.41, 5.74) is 3.04. The van der Waals surface area contributed by atoms with Crippen LogP contribution in [0.25, 0.3) is 20.4 Å². The number of nitrogens with zero attached hydrogens (tertiary/aromatic N) is 5. The van der Waals surface area contributed by atoms with Gasteiger partial charge >= 0.3 is 5.56 Å². The SMILES string of the molecule is COc1ccc(/C=N\n2nnc3c(sc4nc(C)cc(C)c43)c2=O)cc1. The first-order valence-electron chi connectivity index (χ1n) is 7.91. The Bertz CT molecular complexity index is 1210. The zero-order valence-corrected chi connectivity index (χ0v) is 15.2. The molecule has 0 spiro atoms. The van der Waals surface area contributed by atoms with Gasteiger partial charge in [-0.25, -0.2) is 4.98 Å². The van der Waals surface area contributed by atoms with Gasteiger partial charge in [-0.05, 0) is 60.5 Å². The minimum Gasteiger partial charge on any atom is -0.497 e. The molecule has 26 heavy (non-hydrogen) atoms. The van der Waals surface area contributed by atoms with Crippen LogP contribution in [0.1, 0.15) is 16.8 Å². The van der Waals surface area contributed by atoms with Crippen LogP contribution in [-0.2, 0) is 0 Å². The van der Waals surface area contributed by atoms with Gasteiger partial charge in [-0.3, -0.25) is 4.79 Å². The van der Waals surface area contributed by atoms with Crippen molar-refractivity contribution in [3.05, 3.63) is 57.5 Å². The highest BCUT2D eigenvalue weighted by atomic mass is 32.1. The van der Waals surface area contributed by atoms with Crippen LogP contribution in [0.5, 0.6) is 5.75 Å². The lowest BCUT2D eigenvalue weighted by Crippen LogP contribution is -2.19. The van der Waals surface area contributed by atoms with Gasteiger partial charge in [0.25, 0.3) is 0 Å². The number of aromatic nitrogens is 4. The number of hydrogen-bond donors (Lipinski definition) is 0. The number of rotatable bonds is 3. The number of benzene rings is 1. The van der Waals surface area contributed by atoms with Crippen LogP contribution in [0.4, 0.5) is 0 Å². The Labute approximate surface area is 152 Å². The average molecular weight is 365 g/mol. The van der Waals surface area contributed by atoms with Crippen LogP contribution < -0.4 is 10.3 Å².